The summed E-state index contributed by atoms with van der Waals surface area (Å²) in [5.74, 6) is 0. The quantitative estimate of drug-likeness (QED) is 0.777. The molecule has 1 aromatic carbocycles. The van der Waals surface area contributed by atoms with Crippen LogP contribution in [0, 0.1) is 0 Å². The lowest BCUT2D eigenvalue weighted by atomic mass is 10.2. The van der Waals surface area contributed by atoms with Gasteiger partial charge in [-0.05, 0) is 18.7 Å². The standard InChI is InChI=1S/C12H19ClN2O.ClH/c1-15(7-9-16-8-6-14)10-11-4-2-3-5-12(11)13;/h2-5H,6-10,14H2,1H3;1H. The van der Waals surface area contributed by atoms with E-state index in [1.807, 2.05) is 24.3 Å². The maximum Gasteiger partial charge on any atom is 0.0594 e. The number of benzene rings is 1. The zero-order chi connectivity index (χ0) is 11.8. The summed E-state index contributed by atoms with van der Waals surface area (Å²) >= 11 is 6.08. The first-order chi connectivity index (χ1) is 7.74. The van der Waals surface area contributed by atoms with Crippen molar-refractivity contribution >= 4 is 24.0 Å². The average molecular weight is 279 g/mol. The van der Waals surface area contributed by atoms with Crippen LogP contribution in [0.15, 0.2) is 24.3 Å². The molecule has 0 saturated heterocycles. The van der Waals surface area contributed by atoms with Crippen LogP contribution in [-0.4, -0.2) is 38.3 Å². The first kappa shape index (κ1) is 16.7. The Kier molecular flexibility index (Phi) is 9.50. The smallest absolute Gasteiger partial charge is 0.0594 e. The number of nitrogens with two attached hydrogens (primary N) is 1. The van der Waals surface area contributed by atoms with Gasteiger partial charge < -0.3 is 10.5 Å². The minimum Gasteiger partial charge on any atom is -0.379 e. The zero-order valence-corrected chi connectivity index (χ0v) is 11.6. The molecule has 0 fully saturated rings. The molecule has 1 rings (SSSR count). The number of rotatable bonds is 7. The largest absolute Gasteiger partial charge is 0.379 e. The van der Waals surface area contributed by atoms with Crippen LogP contribution in [0.2, 0.25) is 5.02 Å². The second-order valence-electron chi connectivity index (χ2n) is 3.73. The van der Waals surface area contributed by atoms with Gasteiger partial charge in [0.1, 0.15) is 0 Å². The van der Waals surface area contributed by atoms with E-state index >= 15 is 0 Å². The lowest BCUT2D eigenvalue weighted by molar-refractivity contribution is 0.115. The van der Waals surface area contributed by atoms with Crippen molar-refractivity contribution in [2.45, 2.75) is 6.54 Å². The Morgan fingerprint density at radius 3 is 2.65 bits per heavy atom. The maximum absolute atomic E-state index is 6.08. The summed E-state index contributed by atoms with van der Waals surface area (Å²) in [5.41, 5.74) is 6.48. The van der Waals surface area contributed by atoms with E-state index in [2.05, 4.69) is 11.9 Å². The molecule has 1 aromatic rings. The Morgan fingerprint density at radius 1 is 1.29 bits per heavy atom. The molecule has 0 spiro atoms. The maximum atomic E-state index is 6.08. The number of ether oxygens (including phenoxy) is 1. The Balaban J connectivity index is 0.00000256. The number of hydrogen-bond acceptors (Lipinski definition) is 3. The van der Waals surface area contributed by atoms with Gasteiger partial charge in [0.15, 0.2) is 0 Å². The second kappa shape index (κ2) is 9.68. The molecule has 0 aliphatic carbocycles. The molecule has 0 saturated carbocycles. The lowest BCUT2D eigenvalue weighted by Gasteiger charge is -2.17. The Bertz CT molecular complexity index is 310. The highest BCUT2D eigenvalue weighted by Gasteiger charge is 2.03. The third kappa shape index (κ3) is 6.86. The minimum atomic E-state index is 0. The SMILES string of the molecule is CN(CCOCCN)Cc1ccccc1Cl.Cl. The molecule has 17 heavy (non-hydrogen) atoms. The van der Waals surface area contributed by atoms with Gasteiger partial charge in [-0.2, -0.15) is 0 Å². The summed E-state index contributed by atoms with van der Waals surface area (Å²) in [6.07, 6.45) is 0. The van der Waals surface area contributed by atoms with E-state index in [-0.39, 0.29) is 12.4 Å². The van der Waals surface area contributed by atoms with Gasteiger partial charge in [-0.1, -0.05) is 29.8 Å². The summed E-state index contributed by atoms with van der Waals surface area (Å²) in [7, 11) is 2.05. The molecular weight excluding hydrogens is 259 g/mol. The van der Waals surface area contributed by atoms with Gasteiger partial charge in [-0.15, -0.1) is 12.4 Å². The molecule has 5 heteroatoms. The fraction of sp³-hybridized carbons (Fsp3) is 0.500. The van der Waals surface area contributed by atoms with E-state index in [0.717, 1.165) is 23.7 Å². The van der Waals surface area contributed by atoms with Crippen molar-refractivity contribution in [2.75, 3.05) is 33.4 Å². The van der Waals surface area contributed by atoms with Gasteiger partial charge in [0.2, 0.25) is 0 Å². The van der Waals surface area contributed by atoms with Crippen molar-refractivity contribution in [2.24, 2.45) is 5.73 Å². The molecule has 98 valence electrons. The van der Waals surface area contributed by atoms with Gasteiger partial charge in [0, 0.05) is 24.7 Å². The molecule has 0 unspecified atom stereocenters. The summed E-state index contributed by atoms with van der Waals surface area (Å²) in [6.45, 7) is 3.63. The Hall–Kier alpha value is -0.320. The summed E-state index contributed by atoms with van der Waals surface area (Å²) in [4.78, 5) is 2.18. The predicted molar refractivity (Wildman–Crippen MR) is 74.9 cm³/mol. The zero-order valence-electron chi connectivity index (χ0n) is 10.1. The van der Waals surface area contributed by atoms with Crippen LogP contribution >= 0.6 is 24.0 Å². The van der Waals surface area contributed by atoms with E-state index in [0.29, 0.717) is 19.8 Å². The van der Waals surface area contributed by atoms with Crippen LogP contribution in [0.5, 0.6) is 0 Å². The summed E-state index contributed by atoms with van der Waals surface area (Å²) in [6, 6.07) is 7.89. The van der Waals surface area contributed by atoms with E-state index in [9.17, 15) is 0 Å². The van der Waals surface area contributed by atoms with Gasteiger partial charge >= 0.3 is 0 Å². The van der Waals surface area contributed by atoms with Crippen LogP contribution in [0.4, 0.5) is 0 Å². The summed E-state index contributed by atoms with van der Waals surface area (Å²) in [5, 5.41) is 0.817. The van der Waals surface area contributed by atoms with E-state index in [1.54, 1.807) is 0 Å². The molecule has 0 aliphatic rings. The topological polar surface area (TPSA) is 38.5 Å². The molecule has 0 aliphatic heterocycles. The van der Waals surface area contributed by atoms with Crippen molar-refractivity contribution in [3.05, 3.63) is 34.9 Å². The predicted octanol–water partition coefficient (Wildman–Crippen LogP) is 2.17. The molecule has 0 atom stereocenters. The first-order valence-corrected chi connectivity index (χ1v) is 5.81. The monoisotopic (exact) mass is 278 g/mol. The van der Waals surface area contributed by atoms with Gasteiger partial charge in [-0.25, -0.2) is 0 Å². The van der Waals surface area contributed by atoms with Crippen molar-refractivity contribution in [1.82, 2.24) is 4.90 Å². The normalized spacial score (nSPS) is 10.4. The molecule has 0 amide bonds. The molecule has 0 heterocycles. The van der Waals surface area contributed by atoms with Crippen LogP contribution in [0.25, 0.3) is 0 Å². The lowest BCUT2D eigenvalue weighted by Crippen LogP contribution is -2.24. The highest BCUT2D eigenvalue weighted by atomic mass is 35.5. The number of likely N-dealkylation sites (N-methyl/N-ethyl adjacent to an activating group) is 1. The number of nitrogens with zero attached hydrogens (tertiary/aromatic N) is 1. The number of hydrogen-bond donors (Lipinski definition) is 1. The van der Waals surface area contributed by atoms with E-state index in [4.69, 9.17) is 22.1 Å². The van der Waals surface area contributed by atoms with Gasteiger partial charge in [-0.3, -0.25) is 4.90 Å². The van der Waals surface area contributed by atoms with Crippen LogP contribution in [0.1, 0.15) is 5.56 Å². The van der Waals surface area contributed by atoms with Crippen molar-refractivity contribution in [1.29, 1.82) is 0 Å². The molecular formula is C12H20Cl2N2O. The van der Waals surface area contributed by atoms with Crippen LogP contribution < -0.4 is 5.73 Å². The first-order valence-electron chi connectivity index (χ1n) is 5.44. The van der Waals surface area contributed by atoms with Crippen molar-refractivity contribution < 1.29 is 4.74 Å². The van der Waals surface area contributed by atoms with Crippen LogP contribution in [0.3, 0.4) is 0 Å². The molecule has 0 aromatic heterocycles. The second-order valence-corrected chi connectivity index (χ2v) is 4.14. The molecule has 0 radical (unpaired) electrons. The van der Waals surface area contributed by atoms with Crippen LogP contribution in [-0.2, 0) is 11.3 Å². The minimum absolute atomic E-state index is 0. The third-order valence-electron chi connectivity index (χ3n) is 2.28. The fourth-order valence-electron chi connectivity index (χ4n) is 1.40. The fourth-order valence-corrected chi connectivity index (χ4v) is 1.60. The highest BCUT2D eigenvalue weighted by Crippen LogP contribution is 2.16. The average Bonchev–Trinajstić information content (AvgIpc) is 2.28. The van der Waals surface area contributed by atoms with Crippen molar-refractivity contribution in [3.63, 3.8) is 0 Å². The molecule has 3 nitrogen and oxygen atoms in total. The van der Waals surface area contributed by atoms with Gasteiger partial charge in [0.05, 0.1) is 13.2 Å². The van der Waals surface area contributed by atoms with E-state index < -0.39 is 0 Å². The van der Waals surface area contributed by atoms with Crippen molar-refractivity contribution in [3.8, 4) is 0 Å². The third-order valence-corrected chi connectivity index (χ3v) is 2.65. The Morgan fingerprint density at radius 2 is 2.00 bits per heavy atom. The molecule has 0 bridgehead atoms. The Labute approximate surface area is 114 Å². The summed E-state index contributed by atoms with van der Waals surface area (Å²) < 4.78 is 5.32. The number of halogens is 2. The van der Waals surface area contributed by atoms with Gasteiger partial charge in [0.25, 0.3) is 0 Å². The molecule has 2 N–H and O–H groups in total. The van der Waals surface area contributed by atoms with E-state index in [1.165, 1.54) is 0 Å². The highest BCUT2D eigenvalue weighted by molar-refractivity contribution is 6.31.